The van der Waals surface area contributed by atoms with E-state index in [1.54, 1.807) is 30.9 Å². The average molecular weight is 1440 g/mol. The summed E-state index contributed by atoms with van der Waals surface area (Å²) in [5.41, 5.74) is 7.47. The Morgan fingerprint density at radius 3 is 2.00 bits per heavy atom. The van der Waals surface area contributed by atoms with Crippen LogP contribution in [0.4, 0.5) is 4.79 Å². The van der Waals surface area contributed by atoms with Crippen molar-refractivity contribution in [3.63, 3.8) is 0 Å². The number of ether oxygens (including phenoxy) is 4. The van der Waals surface area contributed by atoms with E-state index < -0.39 is 48.3 Å². The zero-order chi connectivity index (χ0) is 60.9. The van der Waals surface area contributed by atoms with Crippen molar-refractivity contribution >= 4 is 54.9 Å². The van der Waals surface area contributed by atoms with Gasteiger partial charge >= 0.3 is 41.5 Å². The van der Waals surface area contributed by atoms with Crippen molar-refractivity contribution in [2.75, 3.05) is 127 Å². The normalized spacial score (nSPS) is 17.5. The Bertz CT molecular complexity index is 1880. The molecule has 0 unspecified atom stereocenters. The van der Waals surface area contributed by atoms with Crippen molar-refractivity contribution in [2.45, 2.75) is 136 Å². The molecule has 2 aliphatic heterocycles. The maximum Gasteiger partial charge on any atom is 0.0243 e. The Balaban J connectivity index is 0.00000337. The minimum atomic E-state index is -0.903. The number of carbonyl (C=O) groups is 6. The fourth-order valence-corrected chi connectivity index (χ4v) is 10.3. The van der Waals surface area contributed by atoms with Gasteiger partial charge in [-0.2, -0.15) is 13.1 Å². The van der Waals surface area contributed by atoms with Gasteiger partial charge in [-0.25, -0.2) is 4.79 Å². The number of aliphatic hydroxyl groups excluding tert-OH is 1. The van der Waals surface area contributed by atoms with Gasteiger partial charge in [0.1, 0.15) is 12.1 Å². The molecule has 471 valence electrons. The maximum absolute atomic E-state index is 14.5. The van der Waals surface area contributed by atoms with E-state index in [1.807, 2.05) is 90.9 Å². The number of hydrogen-bond donors (Lipinski definition) is 6. The molecule has 3 rings (SSSR count). The molecular weight excluding hydrogens is 1340 g/mol. The van der Waals surface area contributed by atoms with Gasteiger partial charge in [0.2, 0.25) is 29.5 Å². The van der Waals surface area contributed by atoms with E-state index in [0.29, 0.717) is 84.3 Å². The molecule has 1 aromatic carbocycles. The summed E-state index contributed by atoms with van der Waals surface area (Å²) < 4.78 is 23.4. The van der Waals surface area contributed by atoms with E-state index in [4.69, 9.17) is 29.8 Å². The van der Waals surface area contributed by atoms with Crippen molar-refractivity contribution in [3.05, 3.63) is 52.3 Å². The summed E-state index contributed by atoms with van der Waals surface area (Å²) in [6.45, 7) is 19.7. The van der Waals surface area contributed by atoms with Crippen molar-refractivity contribution in [1.29, 1.82) is 0 Å². The van der Waals surface area contributed by atoms with E-state index in [2.05, 4.69) is 72.7 Å². The third-order valence-electron chi connectivity index (χ3n) is 14.8. The minimum Gasteiger partial charge on any atom is -0.679 e. The predicted molar refractivity (Wildman–Crippen MR) is 323 cm³/mol. The van der Waals surface area contributed by atoms with Crippen LogP contribution >= 0.6 is 19.4 Å². The van der Waals surface area contributed by atoms with Crippen LogP contribution in [0, 0.1) is 29.6 Å². The minimum absolute atomic E-state index is 0.0166. The Labute approximate surface area is 507 Å². The number of amides is 7. The quantitative estimate of drug-likeness (QED) is 0.0388. The Hall–Kier alpha value is -3.10. The van der Waals surface area contributed by atoms with Gasteiger partial charge in [-0.1, -0.05) is 98.1 Å². The number of piperidine rings is 1. The second-order valence-corrected chi connectivity index (χ2v) is 21.6. The topological polar surface area (TPSA) is 281 Å². The number of nitrogens with one attached hydrogen (secondary N) is 6. The Kier molecular flexibility index (Phi) is 41.6. The molecule has 0 radical (unpaired) electrons. The van der Waals surface area contributed by atoms with Crippen LogP contribution in [0.5, 0.6) is 0 Å². The molecule has 9 atom stereocenters. The number of nitrogens with zero attached hydrogens (tertiary/aromatic N) is 5. The van der Waals surface area contributed by atoms with Gasteiger partial charge in [0.25, 0.3) is 0 Å². The van der Waals surface area contributed by atoms with E-state index in [-0.39, 0.29) is 85.9 Å². The number of benzene rings is 1. The standard InChI is InChI=1S/C53H92N9O10.C4H10N2O.HI.Pt/c1-13-37(6)47(61(10)52(67)45(35(2)3)59-51(66)46(36(4)5)60(8)9)43(69-11)33-44(63)62-27-17-20-42(62)48(70-12)38(7)49(64)58-41(32-39-18-15-14-16-19-39)50(65)55-25-28-71-30-31-72-29-26-56-53(68)57-34-40-21-23-54-24-22-40;5-1-2-6-3-4-7;;/h14-16,18-19,35-38,40-43,45-48H,13,17,20-34H2,1-12H3,(H,55,65)(H,58,64)(H,59,66)(H2,56,57,68);5,7H,1-4H2;1H;/q-1;-2;;+1/p-1/t37-,38+,41-,42-,43+,45-,46-,47-,48+;;;/m0.../s1. The molecule has 0 aromatic heterocycles. The van der Waals surface area contributed by atoms with Gasteiger partial charge in [-0.05, 0) is 56.2 Å². The molecule has 2 fully saturated rings. The van der Waals surface area contributed by atoms with E-state index in [0.717, 1.165) is 31.5 Å². The van der Waals surface area contributed by atoms with Crippen LogP contribution in [0.3, 0.4) is 0 Å². The summed E-state index contributed by atoms with van der Waals surface area (Å²) in [6.07, 6.45) is 2.91. The number of rotatable bonds is 36. The van der Waals surface area contributed by atoms with Crippen LogP contribution in [0.25, 0.3) is 16.4 Å². The third kappa shape index (κ3) is 28.6. The van der Waals surface area contributed by atoms with Crippen LogP contribution in [0.2, 0.25) is 0 Å². The molecule has 2 heterocycles. The molecule has 24 heteroatoms. The van der Waals surface area contributed by atoms with Crippen LogP contribution in [-0.4, -0.2) is 225 Å². The SMILES string of the molecule is CC[C@H](C)[C@@H]([C@@H](CC(=O)N1CCC[C@H]1[C@H](OC)[C@@H](C)C(=O)N[C@@H](Cc1ccccc1)C(=O)NCCOCCOCCNC(=O)NCC1CC[N-]CC1)OC)N(C)C(=O)[C@@H](NC(=O)[C@H](C(C)C)N(C)C)C(C)C.[I][Pt].[NH-]CC[N-]CCO. The predicted octanol–water partition coefficient (Wildman–Crippen LogP) is 4.88. The molecule has 1 aromatic rings. The molecule has 2 saturated heterocycles. The van der Waals surface area contributed by atoms with E-state index in [9.17, 15) is 28.8 Å². The first-order chi connectivity index (χ1) is 38.8. The average Bonchev–Trinajstić information content (AvgIpc) is 4.05. The molecule has 0 bridgehead atoms. The number of methoxy groups -OCH3 is 2. The number of aliphatic hydroxyl groups is 1. The van der Waals surface area contributed by atoms with E-state index >= 15 is 0 Å². The molecule has 2 aliphatic rings. The number of likely N-dealkylation sites (tertiary alicyclic amines) is 1. The maximum atomic E-state index is 14.5. The van der Waals surface area contributed by atoms with Crippen LogP contribution in [0.15, 0.2) is 30.3 Å². The fourth-order valence-electron chi connectivity index (χ4n) is 10.3. The molecule has 0 saturated carbocycles. The summed E-state index contributed by atoms with van der Waals surface area (Å²) in [5, 5.41) is 30.9. The number of likely N-dealkylation sites (N-methyl/N-ethyl adjacent to an activating group) is 2. The largest absolute Gasteiger partial charge is 0.679 e. The summed E-state index contributed by atoms with van der Waals surface area (Å²) in [7, 11) is 8.51. The first-order valence-corrected chi connectivity index (χ1v) is 35.2. The van der Waals surface area contributed by atoms with Gasteiger partial charge in [0, 0.05) is 60.5 Å². The number of urea groups is 1. The zero-order valence-corrected chi connectivity index (χ0v) is 55.1. The molecule has 0 spiro atoms. The first kappa shape index (κ1) is 75.9. The van der Waals surface area contributed by atoms with Gasteiger partial charge in [0.15, 0.2) is 0 Å². The monoisotopic (exact) mass is 1440 g/mol. The molecule has 22 nitrogen and oxygen atoms in total. The van der Waals surface area contributed by atoms with Gasteiger partial charge in [-0.15, -0.1) is 19.6 Å². The molecule has 81 heavy (non-hydrogen) atoms. The third-order valence-corrected chi connectivity index (χ3v) is 14.8. The van der Waals surface area contributed by atoms with Crippen LogP contribution in [-0.2, 0) is 65.5 Å². The molecular formula is C57H102IN11O11Pt-3. The smallest absolute Gasteiger partial charge is 0.0243 e. The summed E-state index contributed by atoms with van der Waals surface area (Å²) >= 11 is 4.23. The zero-order valence-electron chi connectivity index (χ0n) is 50.6. The van der Waals surface area contributed by atoms with E-state index in [1.165, 1.54) is 7.11 Å². The summed E-state index contributed by atoms with van der Waals surface area (Å²) in [6, 6.07) is 6.20. The molecule has 7 N–H and O–H groups in total. The summed E-state index contributed by atoms with van der Waals surface area (Å²) in [5.74, 6) is -1.91. The van der Waals surface area contributed by atoms with Gasteiger partial charge < -0.3 is 76.8 Å². The first-order valence-electron chi connectivity index (χ1n) is 28.8. The fraction of sp³-hybridized carbons (Fsp3) is 0.789. The Morgan fingerprint density at radius 2 is 1.46 bits per heavy atom. The molecule has 0 aliphatic carbocycles. The molecule has 7 amide bonds. The van der Waals surface area contributed by atoms with Crippen LogP contribution in [0.1, 0.15) is 92.6 Å². The van der Waals surface area contributed by atoms with Crippen molar-refractivity contribution in [1.82, 2.24) is 41.3 Å². The number of hydrogen-bond acceptors (Lipinski definition) is 12. The number of halogens is 1. The van der Waals surface area contributed by atoms with Gasteiger partial charge in [0.05, 0.1) is 69.1 Å². The second kappa shape index (κ2) is 44.4. The van der Waals surface area contributed by atoms with Crippen molar-refractivity contribution in [3.8, 4) is 0 Å². The van der Waals surface area contributed by atoms with Gasteiger partial charge in [-0.3, -0.25) is 28.9 Å². The second-order valence-electron chi connectivity index (χ2n) is 21.6. The van der Waals surface area contributed by atoms with Crippen molar-refractivity contribution < 1.29 is 69.0 Å². The summed E-state index contributed by atoms with van der Waals surface area (Å²) in [4.78, 5) is 87.6. The Morgan fingerprint density at radius 1 is 0.827 bits per heavy atom. The number of carbonyl (C=O) groups excluding carboxylic acids is 6. The van der Waals surface area contributed by atoms with Crippen LogP contribution < -0.4 is 26.6 Å². The van der Waals surface area contributed by atoms with Crippen molar-refractivity contribution in [2.24, 2.45) is 29.6 Å².